The highest BCUT2D eigenvalue weighted by Crippen LogP contribution is 2.42. The van der Waals surface area contributed by atoms with Crippen LogP contribution in [0.25, 0.3) is 0 Å². The van der Waals surface area contributed by atoms with Crippen LogP contribution in [-0.4, -0.2) is 42.2 Å². The Balaban J connectivity index is 1.70. The van der Waals surface area contributed by atoms with Crippen LogP contribution in [0.3, 0.4) is 0 Å². The molecule has 2 aliphatic heterocycles. The highest BCUT2D eigenvalue weighted by atomic mass is 19.4. The quantitative estimate of drug-likeness (QED) is 0.807. The number of amides is 1. The van der Waals surface area contributed by atoms with Gasteiger partial charge in [0, 0.05) is 31.1 Å². The highest BCUT2D eigenvalue weighted by molar-refractivity contribution is 5.80. The van der Waals surface area contributed by atoms with Crippen molar-refractivity contribution in [3.05, 3.63) is 0 Å². The van der Waals surface area contributed by atoms with Gasteiger partial charge in [0.25, 0.3) is 0 Å². The lowest BCUT2D eigenvalue weighted by molar-refractivity contribution is -0.187. The molecule has 2 heterocycles. The minimum atomic E-state index is -4.16. The molecule has 1 amide bonds. The second kappa shape index (κ2) is 5.45. The fourth-order valence-corrected chi connectivity index (χ4v) is 4.47. The number of carbonyl (C=O) groups excluding carboxylic acids is 1. The Kier molecular flexibility index (Phi) is 3.93. The van der Waals surface area contributed by atoms with Crippen molar-refractivity contribution < 1.29 is 18.0 Å². The van der Waals surface area contributed by atoms with Crippen molar-refractivity contribution in [3.8, 4) is 0 Å². The molecule has 3 nitrogen and oxygen atoms in total. The number of alkyl halides is 3. The van der Waals surface area contributed by atoms with Crippen LogP contribution < -0.4 is 5.32 Å². The minimum Gasteiger partial charge on any atom is -0.335 e. The Morgan fingerprint density at radius 3 is 2.67 bits per heavy atom. The lowest BCUT2D eigenvalue weighted by Gasteiger charge is -2.35. The van der Waals surface area contributed by atoms with Crippen molar-refractivity contribution in [2.75, 3.05) is 13.1 Å². The summed E-state index contributed by atoms with van der Waals surface area (Å²) in [5.41, 5.74) is 0. The van der Waals surface area contributed by atoms with E-state index in [1.807, 2.05) is 11.8 Å². The van der Waals surface area contributed by atoms with Crippen LogP contribution in [0.15, 0.2) is 0 Å². The van der Waals surface area contributed by atoms with Crippen LogP contribution >= 0.6 is 0 Å². The van der Waals surface area contributed by atoms with Gasteiger partial charge in [-0.3, -0.25) is 4.79 Å². The van der Waals surface area contributed by atoms with Gasteiger partial charge in [0.2, 0.25) is 5.91 Å². The summed E-state index contributed by atoms with van der Waals surface area (Å²) in [5, 5.41) is 3.29. The third-order valence-corrected chi connectivity index (χ3v) is 5.52. The number of halogens is 3. The molecule has 0 spiro atoms. The fraction of sp³-hybridized carbons (Fsp3) is 0.933. The Hall–Kier alpha value is -0.780. The molecule has 2 saturated heterocycles. The second-order valence-corrected chi connectivity index (χ2v) is 6.92. The summed E-state index contributed by atoms with van der Waals surface area (Å²) in [6.45, 7) is 3.74. The molecule has 0 aromatic heterocycles. The number of carbonyl (C=O) groups is 1. The molecule has 1 saturated carbocycles. The Morgan fingerprint density at radius 1 is 1.19 bits per heavy atom. The van der Waals surface area contributed by atoms with Crippen LogP contribution in [0.2, 0.25) is 0 Å². The van der Waals surface area contributed by atoms with Gasteiger partial charge in [0.05, 0.1) is 5.92 Å². The fourth-order valence-electron chi connectivity index (χ4n) is 4.47. The van der Waals surface area contributed by atoms with Crippen molar-refractivity contribution in [3.63, 3.8) is 0 Å². The molecule has 3 fully saturated rings. The van der Waals surface area contributed by atoms with E-state index in [0.29, 0.717) is 18.8 Å². The standard InChI is InChI=1S/C15H23F3N2O/c1-9-5-11-7-19-8-13(11)20(9)14(21)10-3-2-4-12(6-10)15(16,17)18/h9-13,19H,2-8H2,1H3. The summed E-state index contributed by atoms with van der Waals surface area (Å²) in [7, 11) is 0. The number of hydrogen-bond donors (Lipinski definition) is 1. The van der Waals surface area contributed by atoms with E-state index in [1.165, 1.54) is 0 Å². The van der Waals surface area contributed by atoms with Crippen molar-refractivity contribution >= 4 is 5.91 Å². The number of fused-ring (bicyclic) bond motifs is 1. The van der Waals surface area contributed by atoms with E-state index in [4.69, 9.17) is 0 Å². The smallest absolute Gasteiger partial charge is 0.335 e. The molecule has 120 valence electrons. The normalized spacial score (nSPS) is 40.4. The third-order valence-electron chi connectivity index (χ3n) is 5.52. The molecule has 5 unspecified atom stereocenters. The highest BCUT2D eigenvalue weighted by Gasteiger charge is 2.48. The number of rotatable bonds is 1. The first kappa shape index (κ1) is 15.1. The third kappa shape index (κ3) is 2.79. The maximum Gasteiger partial charge on any atom is 0.391 e. The zero-order valence-electron chi connectivity index (χ0n) is 12.3. The van der Waals surface area contributed by atoms with E-state index in [-0.39, 0.29) is 30.8 Å². The van der Waals surface area contributed by atoms with Crippen molar-refractivity contribution in [2.24, 2.45) is 17.8 Å². The Bertz CT molecular complexity index is 412. The van der Waals surface area contributed by atoms with E-state index in [2.05, 4.69) is 5.32 Å². The molecule has 0 bridgehead atoms. The van der Waals surface area contributed by atoms with Gasteiger partial charge in [0.15, 0.2) is 0 Å². The summed E-state index contributed by atoms with van der Waals surface area (Å²) >= 11 is 0. The van der Waals surface area contributed by atoms with Crippen molar-refractivity contribution in [2.45, 2.75) is 57.3 Å². The summed E-state index contributed by atoms with van der Waals surface area (Å²) in [5.74, 6) is -1.29. The van der Waals surface area contributed by atoms with Crippen molar-refractivity contribution in [1.82, 2.24) is 10.2 Å². The number of hydrogen-bond acceptors (Lipinski definition) is 2. The van der Waals surface area contributed by atoms with Gasteiger partial charge in [-0.25, -0.2) is 0 Å². The zero-order valence-corrected chi connectivity index (χ0v) is 12.3. The molecular formula is C15H23F3N2O. The van der Waals surface area contributed by atoms with Crippen LogP contribution in [0.5, 0.6) is 0 Å². The number of likely N-dealkylation sites (tertiary alicyclic amines) is 1. The molecule has 3 rings (SSSR count). The van der Waals surface area contributed by atoms with Gasteiger partial charge in [-0.05, 0) is 38.5 Å². The molecule has 21 heavy (non-hydrogen) atoms. The molecule has 0 aromatic carbocycles. The first-order valence-electron chi connectivity index (χ1n) is 7.97. The van der Waals surface area contributed by atoms with Gasteiger partial charge in [-0.2, -0.15) is 13.2 Å². The average molecular weight is 304 g/mol. The van der Waals surface area contributed by atoms with Crippen molar-refractivity contribution in [1.29, 1.82) is 0 Å². The predicted molar refractivity (Wildman–Crippen MR) is 72.6 cm³/mol. The molecule has 0 aromatic rings. The molecule has 1 N–H and O–H groups in total. The topological polar surface area (TPSA) is 32.3 Å². The van der Waals surface area contributed by atoms with E-state index in [0.717, 1.165) is 19.5 Å². The first-order chi connectivity index (χ1) is 9.88. The van der Waals surface area contributed by atoms with Crippen LogP contribution in [0.1, 0.15) is 39.0 Å². The summed E-state index contributed by atoms with van der Waals surface area (Å²) < 4.78 is 38.7. The number of nitrogens with zero attached hydrogens (tertiary/aromatic N) is 1. The Labute approximate surface area is 123 Å². The molecule has 1 aliphatic carbocycles. The SMILES string of the molecule is CC1CC2CNCC2N1C(=O)C1CCCC(C(F)(F)F)C1. The average Bonchev–Trinajstić information content (AvgIpc) is 2.97. The summed E-state index contributed by atoms with van der Waals surface area (Å²) in [6.07, 6.45) is -1.91. The monoisotopic (exact) mass is 304 g/mol. The molecule has 3 aliphatic rings. The van der Waals surface area contributed by atoms with Crippen LogP contribution in [0, 0.1) is 17.8 Å². The number of nitrogens with one attached hydrogen (secondary N) is 1. The Morgan fingerprint density at radius 2 is 1.95 bits per heavy atom. The predicted octanol–water partition coefficient (Wildman–Crippen LogP) is 2.56. The largest absolute Gasteiger partial charge is 0.391 e. The summed E-state index contributed by atoms with van der Waals surface area (Å²) in [6, 6.07) is 0.361. The lowest BCUT2D eigenvalue weighted by atomic mass is 9.80. The van der Waals surface area contributed by atoms with Gasteiger partial charge in [0.1, 0.15) is 0 Å². The maximum atomic E-state index is 12.9. The zero-order chi connectivity index (χ0) is 15.2. The minimum absolute atomic E-state index is 0.0175. The van der Waals surface area contributed by atoms with Gasteiger partial charge in [-0.15, -0.1) is 0 Å². The van der Waals surface area contributed by atoms with E-state index < -0.39 is 18.0 Å². The molecular weight excluding hydrogens is 281 g/mol. The maximum absolute atomic E-state index is 12.9. The van der Waals surface area contributed by atoms with Crippen LogP contribution in [0.4, 0.5) is 13.2 Å². The van der Waals surface area contributed by atoms with Gasteiger partial charge < -0.3 is 10.2 Å². The van der Waals surface area contributed by atoms with Gasteiger partial charge >= 0.3 is 6.18 Å². The van der Waals surface area contributed by atoms with E-state index in [1.54, 1.807) is 0 Å². The second-order valence-electron chi connectivity index (χ2n) is 6.92. The summed E-state index contributed by atoms with van der Waals surface area (Å²) in [4.78, 5) is 14.7. The van der Waals surface area contributed by atoms with Crippen LogP contribution in [-0.2, 0) is 4.79 Å². The molecule has 5 atom stereocenters. The molecule has 0 radical (unpaired) electrons. The van der Waals surface area contributed by atoms with E-state index in [9.17, 15) is 18.0 Å². The first-order valence-corrected chi connectivity index (χ1v) is 7.97. The molecule has 6 heteroatoms. The lowest BCUT2D eigenvalue weighted by Crippen LogP contribution is -2.47. The van der Waals surface area contributed by atoms with Gasteiger partial charge in [-0.1, -0.05) is 6.42 Å². The van der Waals surface area contributed by atoms with E-state index >= 15 is 0 Å².